The highest BCUT2D eigenvalue weighted by Crippen LogP contribution is 2.35. The van der Waals surface area contributed by atoms with Gasteiger partial charge in [-0.1, -0.05) is 19.1 Å². The smallest absolute Gasteiger partial charge is 0.283 e. The van der Waals surface area contributed by atoms with Crippen molar-refractivity contribution in [2.75, 3.05) is 19.7 Å². The van der Waals surface area contributed by atoms with E-state index in [1.54, 1.807) is 18.2 Å². The van der Waals surface area contributed by atoms with Gasteiger partial charge in [0.05, 0.1) is 18.4 Å². The Kier molecular flexibility index (Phi) is 6.18. The van der Waals surface area contributed by atoms with E-state index in [0.29, 0.717) is 28.6 Å². The van der Waals surface area contributed by atoms with Gasteiger partial charge in [0.1, 0.15) is 6.61 Å². The lowest BCUT2D eigenvalue weighted by Gasteiger charge is -2.20. The number of methoxy groups -OCH3 is 1. The number of sulfone groups is 1. The number of carbonyl (C=O) groups excluding carboxylic acids is 1. The highest BCUT2D eigenvalue weighted by molar-refractivity contribution is 8.42. The zero-order valence-electron chi connectivity index (χ0n) is 19.2. The van der Waals surface area contributed by atoms with Crippen LogP contribution in [0.3, 0.4) is 0 Å². The summed E-state index contributed by atoms with van der Waals surface area (Å²) in [6, 6.07) is 10.6. The Balaban J connectivity index is 1.36. The summed E-state index contributed by atoms with van der Waals surface area (Å²) in [6.07, 6.45) is 1.47. The van der Waals surface area contributed by atoms with E-state index in [2.05, 4.69) is 10.1 Å². The monoisotopic (exact) mass is 528 g/mol. The fourth-order valence-electron chi connectivity index (χ4n) is 3.48. The van der Waals surface area contributed by atoms with E-state index in [1.807, 2.05) is 18.2 Å². The minimum atomic E-state index is -3.60. The van der Waals surface area contributed by atoms with Crippen LogP contribution in [0, 0.1) is 5.41 Å². The molecule has 2 aromatic rings. The van der Waals surface area contributed by atoms with E-state index in [0.717, 1.165) is 22.3 Å². The number of hydrogen-bond donors (Lipinski definition) is 1. The van der Waals surface area contributed by atoms with Crippen molar-refractivity contribution < 1.29 is 32.2 Å². The fraction of sp³-hybridized carbons (Fsp3) is 0.217. The van der Waals surface area contributed by atoms with E-state index < -0.39 is 15.7 Å². The molecule has 0 aromatic heterocycles. The van der Waals surface area contributed by atoms with E-state index in [9.17, 15) is 13.2 Å². The number of hydrogen-bond acceptors (Lipinski definition) is 10. The van der Waals surface area contributed by atoms with Gasteiger partial charge in [0.2, 0.25) is 26.2 Å². The van der Waals surface area contributed by atoms with Crippen molar-refractivity contribution in [1.82, 2.24) is 5.01 Å². The number of nitrogens with one attached hydrogen (secondary N) is 1. The maximum absolute atomic E-state index is 12.6. The Morgan fingerprint density at radius 1 is 1.17 bits per heavy atom. The first-order valence-electron chi connectivity index (χ1n) is 10.7. The molecule has 11 nitrogen and oxygen atoms in total. The molecule has 13 heteroatoms. The number of carbonyl (C=O) groups is 1. The van der Waals surface area contributed by atoms with Crippen LogP contribution in [-0.2, 0) is 21.2 Å². The molecule has 0 atom stereocenters. The first-order valence-corrected chi connectivity index (χ1v) is 13.2. The Bertz CT molecular complexity index is 1480. The average molecular weight is 529 g/mol. The first-order chi connectivity index (χ1) is 17.3. The first kappa shape index (κ1) is 23.9. The van der Waals surface area contributed by atoms with Crippen molar-refractivity contribution in [2.45, 2.75) is 13.5 Å². The summed E-state index contributed by atoms with van der Waals surface area (Å²) >= 11 is 0.758. The molecule has 0 saturated heterocycles. The van der Waals surface area contributed by atoms with Crippen LogP contribution in [0.1, 0.15) is 18.1 Å². The second-order valence-electron chi connectivity index (χ2n) is 7.68. The molecule has 3 heterocycles. The summed E-state index contributed by atoms with van der Waals surface area (Å²) in [6.45, 7) is 1.95. The summed E-state index contributed by atoms with van der Waals surface area (Å²) in [7, 11) is -2.10. The molecule has 2 aromatic carbocycles. The normalized spacial score (nSPS) is 17.7. The lowest BCUT2D eigenvalue weighted by Crippen LogP contribution is -2.35. The number of ether oxygens (including phenoxy) is 4. The van der Waals surface area contributed by atoms with Gasteiger partial charge in [-0.05, 0) is 53.2 Å². The number of aliphatic imine (C=N–C) groups is 1. The Hall–Kier alpha value is -3.84. The molecule has 0 saturated carbocycles. The Morgan fingerprint density at radius 2 is 1.97 bits per heavy atom. The molecule has 3 aliphatic heterocycles. The van der Waals surface area contributed by atoms with E-state index in [4.69, 9.17) is 24.4 Å². The topological polar surface area (TPSA) is 140 Å². The number of amidine groups is 2. The number of benzene rings is 2. The molecule has 3 aliphatic rings. The van der Waals surface area contributed by atoms with Crippen molar-refractivity contribution in [3.05, 3.63) is 53.1 Å². The summed E-state index contributed by atoms with van der Waals surface area (Å²) in [4.78, 5) is 16.5. The van der Waals surface area contributed by atoms with Crippen molar-refractivity contribution in [3.8, 4) is 23.0 Å². The van der Waals surface area contributed by atoms with Crippen molar-refractivity contribution >= 4 is 49.0 Å². The molecule has 0 unspecified atom stereocenters. The fourth-order valence-corrected chi connectivity index (χ4v) is 5.64. The highest BCUT2D eigenvalue weighted by atomic mass is 32.3. The van der Waals surface area contributed by atoms with Gasteiger partial charge in [-0.25, -0.2) is 8.42 Å². The van der Waals surface area contributed by atoms with Crippen LogP contribution < -0.4 is 18.9 Å². The van der Waals surface area contributed by atoms with Crippen LogP contribution in [0.15, 0.2) is 52.1 Å². The predicted molar refractivity (Wildman–Crippen MR) is 134 cm³/mol. The maximum atomic E-state index is 12.6. The maximum Gasteiger partial charge on any atom is 0.283 e. The third-order valence-electron chi connectivity index (χ3n) is 5.41. The van der Waals surface area contributed by atoms with Gasteiger partial charge in [0, 0.05) is 0 Å². The van der Waals surface area contributed by atoms with Gasteiger partial charge in [-0.2, -0.15) is 10.0 Å². The molecule has 186 valence electrons. The second-order valence-corrected chi connectivity index (χ2v) is 11.1. The average Bonchev–Trinajstić information content (AvgIpc) is 3.52. The van der Waals surface area contributed by atoms with Crippen LogP contribution in [0.5, 0.6) is 23.0 Å². The molecule has 5 rings (SSSR count). The van der Waals surface area contributed by atoms with E-state index in [-0.39, 0.29) is 40.1 Å². The van der Waals surface area contributed by atoms with Gasteiger partial charge >= 0.3 is 0 Å². The summed E-state index contributed by atoms with van der Waals surface area (Å²) in [5, 5.41) is 13.5. The second kappa shape index (κ2) is 9.32. The van der Waals surface area contributed by atoms with Crippen molar-refractivity contribution in [2.24, 2.45) is 10.1 Å². The van der Waals surface area contributed by atoms with E-state index in [1.165, 1.54) is 20.1 Å². The van der Waals surface area contributed by atoms with Gasteiger partial charge < -0.3 is 18.9 Å². The standard InChI is InChI=1S/C23H20N4O7S2/c1-3-36(29,30)23-26-27-20(24)15(21(28)25-22(27)35-23)8-13-4-6-16(18(9-13)31-2)32-11-14-5-7-17-19(10-14)34-12-33-17/h4-10,24H,3,11-12H2,1-2H3/b15-8+,24-20?. The van der Waals surface area contributed by atoms with Crippen LogP contribution in [0.4, 0.5) is 0 Å². The third-order valence-corrected chi connectivity index (χ3v) is 8.50. The van der Waals surface area contributed by atoms with Crippen LogP contribution >= 0.6 is 11.8 Å². The molecular weight excluding hydrogens is 508 g/mol. The lowest BCUT2D eigenvalue weighted by atomic mass is 10.1. The quantitative estimate of drug-likeness (QED) is 0.560. The van der Waals surface area contributed by atoms with Crippen molar-refractivity contribution in [1.29, 1.82) is 5.41 Å². The number of rotatable bonds is 6. The number of fused-ring (bicyclic) bond motifs is 2. The molecule has 0 radical (unpaired) electrons. The number of amides is 1. The predicted octanol–water partition coefficient (Wildman–Crippen LogP) is 3.01. The highest BCUT2D eigenvalue weighted by Gasteiger charge is 2.39. The minimum Gasteiger partial charge on any atom is -0.493 e. The molecule has 0 aliphatic carbocycles. The largest absolute Gasteiger partial charge is 0.493 e. The number of nitrogens with zero attached hydrogens (tertiary/aromatic N) is 3. The zero-order valence-corrected chi connectivity index (χ0v) is 20.8. The lowest BCUT2D eigenvalue weighted by molar-refractivity contribution is -0.114. The summed E-state index contributed by atoms with van der Waals surface area (Å²) < 4.78 is 46.2. The van der Waals surface area contributed by atoms with Crippen LogP contribution in [-0.4, -0.2) is 54.4 Å². The third kappa shape index (κ3) is 4.42. The van der Waals surface area contributed by atoms with Gasteiger partial charge in [-0.15, -0.1) is 5.10 Å². The number of thioether (sulfide) groups is 1. The zero-order chi connectivity index (χ0) is 25.4. The van der Waals surface area contributed by atoms with Crippen molar-refractivity contribution in [3.63, 3.8) is 0 Å². The Morgan fingerprint density at radius 3 is 2.75 bits per heavy atom. The molecule has 0 fully saturated rings. The molecule has 1 N–H and O–H groups in total. The SMILES string of the molecule is CCS(=O)(=O)C1=NN2C(=N)/C(=C\c3ccc(OCc4ccc5c(c4)OCO5)c(OC)c3)C(=O)N=C2S1. The van der Waals surface area contributed by atoms with Gasteiger partial charge in [0.15, 0.2) is 28.8 Å². The summed E-state index contributed by atoms with van der Waals surface area (Å²) in [5.74, 6) is 1.19. The van der Waals surface area contributed by atoms with Crippen LogP contribution in [0.2, 0.25) is 0 Å². The minimum absolute atomic E-state index is 0.0330. The molecule has 1 amide bonds. The van der Waals surface area contributed by atoms with Crippen LogP contribution in [0.25, 0.3) is 6.08 Å². The van der Waals surface area contributed by atoms with E-state index >= 15 is 0 Å². The molecular formula is C23H20N4O7S2. The number of hydrazone groups is 1. The van der Waals surface area contributed by atoms with Gasteiger partial charge in [-0.3, -0.25) is 10.2 Å². The molecule has 36 heavy (non-hydrogen) atoms. The molecule has 0 bridgehead atoms. The van der Waals surface area contributed by atoms with Gasteiger partial charge in [0.25, 0.3) is 5.91 Å². The Labute approximate surface area is 210 Å². The molecule has 0 spiro atoms. The summed E-state index contributed by atoms with van der Waals surface area (Å²) in [5.41, 5.74) is 1.41.